The minimum atomic E-state index is 0.608. The van der Waals surface area contributed by atoms with Crippen molar-refractivity contribution in [2.45, 2.75) is 25.7 Å². The van der Waals surface area contributed by atoms with Crippen LogP contribution in [0.25, 0.3) is 0 Å². The van der Waals surface area contributed by atoms with Gasteiger partial charge in [-0.05, 0) is 55.1 Å². The van der Waals surface area contributed by atoms with E-state index in [4.69, 9.17) is 11.6 Å². The van der Waals surface area contributed by atoms with E-state index in [0.29, 0.717) is 11.8 Å². The Balaban J connectivity index is 2.30. The molecule has 1 aromatic rings. The first-order valence-corrected chi connectivity index (χ1v) is 7.05. The third-order valence-corrected chi connectivity index (χ3v) is 4.33. The monoisotopic (exact) mass is 301 g/mol. The summed E-state index contributed by atoms with van der Waals surface area (Å²) in [4.78, 5) is 0. The molecule has 0 aromatic heterocycles. The van der Waals surface area contributed by atoms with Crippen molar-refractivity contribution in [2.75, 3.05) is 13.1 Å². The molecule has 3 heteroatoms. The topological polar surface area (TPSA) is 12.0 Å². The Morgan fingerprint density at radius 2 is 2.31 bits per heavy atom. The standard InChI is InChI=1S/C13H17BrClN/c1-2-9-8-16-6-5-11(9)12-7-10(14)3-4-13(12)15/h3-4,7,9,11,16H,2,5-6,8H2,1H3. The minimum absolute atomic E-state index is 0.608. The number of hydrogen-bond acceptors (Lipinski definition) is 1. The molecule has 1 nitrogen and oxygen atoms in total. The van der Waals surface area contributed by atoms with Crippen LogP contribution < -0.4 is 5.32 Å². The maximum atomic E-state index is 6.31. The summed E-state index contributed by atoms with van der Waals surface area (Å²) in [6, 6.07) is 6.19. The van der Waals surface area contributed by atoms with Crippen molar-refractivity contribution in [1.82, 2.24) is 5.32 Å². The van der Waals surface area contributed by atoms with Crippen molar-refractivity contribution in [2.24, 2.45) is 5.92 Å². The van der Waals surface area contributed by atoms with Crippen molar-refractivity contribution in [3.63, 3.8) is 0 Å². The molecule has 0 bridgehead atoms. The van der Waals surface area contributed by atoms with Gasteiger partial charge in [-0.15, -0.1) is 0 Å². The van der Waals surface area contributed by atoms with Gasteiger partial charge in [-0.1, -0.05) is 40.9 Å². The zero-order valence-corrected chi connectivity index (χ0v) is 11.8. The van der Waals surface area contributed by atoms with E-state index in [1.807, 2.05) is 12.1 Å². The van der Waals surface area contributed by atoms with Crippen molar-refractivity contribution < 1.29 is 0 Å². The number of halogens is 2. The Morgan fingerprint density at radius 3 is 3.06 bits per heavy atom. The fraction of sp³-hybridized carbons (Fsp3) is 0.538. The summed E-state index contributed by atoms with van der Waals surface area (Å²) in [6.45, 7) is 4.48. The summed E-state index contributed by atoms with van der Waals surface area (Å²) >= 11 is 9.84. The molecule has 1 aromatic carbocycles. The fourth-order valence-electron chi connectivity index (χ4n) is 2.56. The van der Waals surface area contributed by atoms with E-state index >= 15 is 0 Å². The largest absolute Gasteiger partial charge is 0.316 e. The molecule has 0 radical (unpaired) electrons. The maximum Gasteiger partial charge on any atom is 0.0441 e. The van der Waals surface area contributed by atoms with Crippen LogP contribution >= 0.6 is 27.5 Å². The van der Waals surface area contributed by atoms with Gasteiger partial charge >= 0.3 is 0 Å². The van der Waals surface area contributed by atoms with Crippen LogP contribution in [-0.4, -0.2) is 13.1 Å². The van der Waals surface area contributed by atoms with Gasteiger partial charge < -0.3 is 5.32 Å². The molecule has 2 rings (SSSR count). The number of hydrogen-bond donors (Lipinski definition) is 1. The first-order valence-electron chi connectivity index (χ1n) is 5.88. The van der Waals surface area contributed by atoms with Gasteiger partial charge in [0, 0.05) is 9.50 Å². The van der Waals surface area contributed by atoms with Gasteiger partial charge in [0.25, 0.3) is 0 Å². The highest BCUT2D eigenvalue weighted by molar-refractivity contribution is 9.10. The molecular formula is C13H17BrClN. The van der Waals surface area contributed by atoms with Crippen molar-refractivity contribution in [3.05, 3.63) is 33.3 Å². The molecule has 1 saturated heterocycles. The second kappa shape index (κ2) is 5.52. The normalized spacial score (nSPS) is 25.7. The van der Waals surface area contributed by atoms with E-state index in [9.17, 15) is 0 Å². The van der Waals surface area contributed by atoms with Gasteiger partial charge in [0.2, 0.25) is 0 Å². The Bertz CT molecular complexity index is 367. The highest BCUT2D eigenvalue weighted by atomic mass is 79.9. The molecule has 0 spiro atoms. The lowest BCUT2D eigenvalue weighted by molar-refractivity contribution is 0.318. The van der Waals surface area contributed by atoms with Crippen LogP contribution in [0.15, 0.2) is 22.7 Å². The number of benzene rings is 1. The van der Waals surface area contributed by atoms with Gasteiger partial charge in [0.15, 0.2) is 0 Å². The lowest BCUT2D eigenvalue weighted by atomic mass is 9.80. The van der Waals surface area contributed by atoms with Crippen LogP contribution in [0.2, 0.25) is 5.02 Å². The van der Waals surface area contributed by atoms with E-state index < -0.39 is 0 Å². The highest BCUT2D eigenvalue weighted by Crippen LogP contribution is 2.37. The summed E-state index contributed by atoms with van der Waals surface area (Å²) in [5.74, 6) is 1.32. The Hall–Kier alpha value is -0.0500. The quantitative estimate of drug-likeness (QED) is 0.863. The van der Waals surface area contributed by atoms with Crippen LogP contribution in [0.4, 0.5) is 0 Å². The zero-order valence-electron chi connectivity index (χ0n) is 9.47. The van der Waals surface area contributed by atoms with Gasteiger partial charge in [0.1, 0.15) is 0 Å². The van der Waals surface area contributed by atoms with Crippen LogP contribution in [0.5, 0.6) is 0 Å². The molecule has 1 heterocycles. The predicted molar refractivity (Wildman–Crippen MR) is 73.2 cm³/mol. The van der Waals surface area contributed by atoms with E-state index in [1.54, 1.807) is 0 Å². The van der Waals surface area contributed by atoms with Crippen molar-refractivity contribution in [1.29, 1.82) is 0 Å². The molecule has 16 heavy (non-hydrogen) atoms. The minimum Gasteiger partial charge on any atom is -0.316 e. The summed E-state index contributed by atoms with van der Waals surface area (Å²) in [5, 5.41) is 4.38. The molecule has 2 atom stereocenters. The van der Waals surface area contributed by atoms with Crippen molar-refractivity contribution in [3.8, 4) is 0 Å². The van der Waals surface area contributed by atoms with Gasteiger partial charge in [-0.25, -0.2) is 0 Å². The predicted octanol–water partition coefficient (Wildman–Crippen LogP) is 4.21. The van der Waals surface area contributed by atoms with Crippen LogP contribution in [0.1, 0.15) is 31.2 Å². The third-order valence-electron chi connectivity index (χ3n) is 3.49. The molecule has 0 saturated carbocycles. The lowest BCUT2D eigenvalue weighted by Crippen LogP contribution is -2.35. The van der Waals surface area contributed by atoms with E-state index in [-0.39, 0.29) is 0 Å². The molecule has 0 amide bonds. The van der Waals surface area contributed by atoms with E-state index in [1.165, 1.54) is 18.4 Å². The fourth-order valence-corrected chi connectivity index (χ4v) is 3.20. The Morgan fingerprint density at radius 1 is 1.50 bits per heavy atom. The average molecular weight is 303 g/mol. The smallest absolute Gasteiger partial charge is 0.0441 e. The first kappa shape index (κ1) is 12.4. The van der Waals surface area contributed by atoms with Gasteiger partial charge in [0.05, 0.1) is 0 Å². The molecular weight excluding hydrogens is 286 g/mol. The molecule has 88 valence electrons. The SMILES string of the molecule is CCC1CNCCC1c1cc(Br)ccc1Cl. The average Bonchev–Trinajstić information content (AvgIpc) is 2.32. The van der Waals surface area contributed by atoms with Gasteiger partial charge in [-0.2, -0.15) is 0 Å². The summed E-state index contributed by atoms with van der Waals surface area (Å²) in [7, 11) is 0. The number of nitrogens with one attached hydrogen (secondary N) is 1. The summed E-state index contributed by atoms with van der Waals surface area (Å²) < 4.78 is 1.13. The van der Waals surface area contributed by atoms with Crippen molar-refractivity contribution >= 4 is 27.5 Å². The lowest BCUT2D eigenvalue weighted by Gasteiger charge is -2.32. The molecule has 1 aliphatic rings. The molecule has 1 aliphatic heterocycles. The molecule has 2 unspecified atom stereocenters. The van der Waals surface area contributed by atoms with E-state index in [2.05, 4.69) is 34.2 Å². The van der Waals surface area contributed by atoms with Crippen LogP contribution in [0, 0.1) is 5.92 Å². The molecule has 1 fully saturated rings. The Kier molecular flexibility index (Phi) is 4.28. The third kappa shape index (κ3) is 2.61. The van der Waals surface area contributed by atoms with Gasteiger partial charge in [-0.3, -0.25) is 0 Å². The maximum absolute atomic E-state index is 6.31. The second-order valence-corrected chi connectivity index (χ2v) is 5.76. The van der Waals surface area contributed by atoms with Crippen LogP contribution in [0.3, 0.4) is 0 Å². The zero-order chi connectivity index (χ0) is 11.5. The number of rotatable bonds is 2. The second-order valence-electron chi connectivity index (χ2n) is 4.43. The highest BCUT2D eigenvalue weighted by Gasteiger charge is 2.26. The Labute approximate surface area is 111 Å². The molecule has 0 aliphatic carbocycles. The molecule has 1 N–H and O–H groups in total. The summed E-state index contributed by atoms with van der Waals surface area (Å²) in [5.41, 5.74) is 1.31. The van der Waals surface area contributed by atoms with Crippen LogP contribution in [-0.2, 0) is 0 Å². The summed E-state index contributed by atoms with van der Waals surface area (Å²) in [6.07, 6.45) is 2.40. The first-order chi connectivity index (χ1) is 7.72. The number of piperidine rings is 1. The van der Waals surface area contributed by atoms with E-state index in [0.717, 1.165) is 22.6 Å².